The summed E-state index contributed by atoms with van der Waals surface area (Å²) >= 11 is 0. The third-order valence-electron chi connectivity index (χ3n) is 2.95. The summed E-state index contributed by atoms with van der Waals surface area (Å²) in [6.45, 7) is 8.66. The molecule has 120 valence electrons. The minimum absolute atomic E-state index is 0. The Morgan fingerprint density at radius 1 is 1.25 bits per heavy atom. The van der Waals surface area contributed by atoms with Gasteiger partial charge in [-0.15, -0.1) is 24.0 Å². The molecule has 20 heavy (non-hydrogen) atoms. The first-order valence-corrected chi connectivity index (χ1v) is 7.01. The maximum atomic E-state index is 11.2. The third kappa shape index (κ3) is 11.3. The van der Waals surface area contributed by atoms with Gasteiger partial charge in [0, 0.05) is 6.04 Å². The Balaban J connectivity index is 0. The minimum Gasteiger partial charge on any atom is -0.469 e. The summed E-state index contributed by atoms with van der Waals surface area (Å²) < 4.78 is 4.63. The number of halogens is 1. The maximum Gasteiger partial charge on any atom is 0.310 e. The predicted molar refractivity (Wildman–Crippen MR) is 94.4 cm³/mol. The fourth-order valence-electron chi connectivity index (χ4n) is 1.71. The van der Waals surface area contributed by atoms with Crippen LogP contribution in [0.3, 0.4) is 0 Å². The van der Waals surface area contributed by atoms with Gasteiger partial charge in [0.15, 0.2) is 5.96 Å². The molecule has 0 fully saturated rings. The normalized spacial score (nSPS) is 14.4. The van der Waals surface area contributed by atoms with Gasteiger partial charge in [0.1, 0.15) is 0 Å². The molecule has 2 atom stereocenters. The van der Waals surface area contributed by atoms with E-state index in [0.717, 1.165) is 12.3 Å². The molecule has 6 heteroatoms. The van der Waals surface area contributed by atoms with Crippen molar-refractivity contribution in [1.29, 1.82) is 0 Å². The smallest absolute Gasteiger partial charge is 0.310 e. The third-order valence-corrected chi connectivity index (χ3v) is 2.95. The molecule has 5 nitrogen and oxygen atoms in total. The molecule has 0 saturated heterocycles. The molecule has 0 rings (SSSR count). The first-order valence-electron chi connectivity index (χ1n) is 7.01. The number of nitrogens with zero attached hydrogens (tertiary/aromatic N) is 1. The molecule has 0 amide bonds. The lowest BCUT2D eigenvalue weighted by Gasteiger charge is -2.15. The Kier molecular flexibility index (Phi) is 13.3. The van der Waals surface area contributed by atoms with E-state index in [1.54, 1.807) is 6.92 Å². The maximum absolute atomic E-state index is 11.2. The van der Waals surface area contributed by atoms with Gasteiger partial charge in [-0.2, -0.15) is 0 Å². The molecule has 0 aliphatic rings. The Morgan fingerprint density at radius 3 is 2.35 bits per heavy atom. The predicted octanol–water partition coefficient (Wildman–Crippen LogP) is 2.53. The highest BCUT2D eigenvalue weighted by Crippen LogP contribution is 2.08. The van der Waals surface area contributed by atoms with Gasteiger partial charge >= 0.3 is 5.97 Å². The summed E-state index contributed by atoms with van der Waals surface area (Å²) in [5.74, 6) is 0.607. The number of ether oxygens (including phenoxy) is 1. The molecule has 0 spiro atoms. The largest absolute Gasteiger partial charge is 0.469 e. The number of hydrogen-bond donors (Lipinski definition) is 2. The summed E-state index contributed by atoms with van der Waals surface area (Å²) in [5, 5.41) is 3.14. The minimum atomic E-state index is -0.262. The van der Waals surface area contributed by atoms with Crippen molar-refractivity contribution in [3.8, 4) is 0 Å². The van der Waals surface area contributed by atoms with E-state index in [2.05, 4.69) is 35.8 Å². The van der Waals surface area contributed by atoms with Crippen LogP contribution < -0.4 is 11.1 Å². The average molecular weight is 399 g/mol. The van der Waals surface area contributed by atoms with Crippen LogP contribution in [0.1, 0.15) is 47.0 Å². The molecule has 0 aromatic heterocycles. The van der Waals surface area contributed by atoms with E-state index >= 15 is 0 Å². The molecular formula is C14H30IN3O2. The van der Waals surface area contributed by atoms with Crippen molar-refractivity contribution < 1.29 is 9.53 Å². The Hall–Kier alpha value is -0.530. The second-order valence-corrected chi connectivity index (χ2v) is 5.52. The average Bonchev–Trinajstić information content (AvgIpc) is 2.34. The van der Waals surface area contributed by atoms with Gasteiger partial charge < -0.3 is 15.8 Å². The Morgan fingerprint density at radius 2 is 1.85 bits per heavy atom. The van der Waals surface area contributed by atoms with E-state index in [1.807, 2.05) is 0 Å². The summed E-state index contributed by atoms with van der Waals surface area (Å²) in [5.41, 5.74) is 5.78. The second-order valence-electron chi connectivity index (χ2n) is 5.52. The lowest BCUT2D eigenvalue weighted by Crippen LogP contribution is -2.39. The molecule has 0 aliphatic heterocycles. The highest BCUT2D eigenvalue weighted by molar-refractivity contribution is 14.0. The van der Waals surface area contributed by atoms with Gasteiger partial charge in [0.25, 0.3) is 0 Å². The fourth-order valence-corrected chi connectivity index (χ4v) is 1.71. The van der Waals surface area contributed by atoms with Gasteiger partial charge in [-0.25, -0.2) is 0 Å². The van der Waals surface area contributed by atoms with Gasteiger partial charge in [0.05, 0.1) is 19.6 Å². The molecular weight excluding hydrogens is 369 g/mol. The number of hydrogen-bond acceptors (Lipinski definition) is 3. The zero-order chi connectivity index (χ0) is 14.8. The van der Waals surface area contributed by atoms with Crippen LogP contribution in [0.5, 0.6) is 0 Å². The number of methoxy groups -OCH3 is 1. The van der Waals surface area contributed by atoms with Crippen LogP contribution in [-0.2, 0) is 9.53 Å². The first kappa shape index (κ1) is 21.8. The number of carbonyl (C=O) groups excluding carboxylic acids is 1. The van der Waals surface area contributed by atoms with Gasteiger partial charge in [0.2, 0.25) is 0 Å². The van der Waals surface area contributed by atoms with Crippen LogP contribution in [-0.4, -0.2) is 31.6 Å². The van der Waals surface area contributed by atoms with E-state index in [4.69, 9.17) is 5.73 Å². The summed E-state index contributed by atoms with van der Waals surface area (Å²) in [4.78, 5) is 15.4. The summed E-state index contributed by atoms with van der Waals surface area (Å²) in [6, 6.07) is 0.302. The zero-order valence-corrected chi connectivity index (χ0v) is 15.6. The fraction of sp³-hybridized carbons (Fsp3) is 0.857. The SMILES string of the molecule is COC(=O)C(C)CN=C(N)NC(C)CCCC(C)C.I. The van der Waals surface area contributed by atoms with Crippen molar-refractivity contribution in [2.45, 2.75) is 53.0 Å². The Bertz CT molecular complexity index is 296. The van der Waals surface area contributed by atoms with Crippen molar-refractivity contribution >= 4 is 35.9 Å². The molecule has 0 aliphatic carbocycles. The van der Waals surface area contributed by atoms with Crippen LogP contribution in [0.4, 0.5) is 0 Å². The number of rotatable bonds is 8. The summed E-state index contributed by atoms with van der Waals surface area (Å²) in [6.07, 6.45) is 3.47. The lowest BCUT2D eigenvalue weighted by molar-refractivity contribution is -0.144. The van der Waals surface area contributed by atoms with E-state index in [1.165, 1.54) is 20.0 Å². The van der Waals surface area contributed by atoms with Crippen LogP contribution in [0, 0.1) is 11.8 Å². The second kappa shape index (κ2) is 12.2. The highest BCUT2D eigenvalue weighted by Gasteiger charge is 2.12. The zero-order valence-electron chi connectivity index (χ0n) is 13.3. The van der Waals surface area contributed by atoms with Crippen LogP contribution in [0.2, 0.25) is 0 Å². The number of nitrogens with one attached hydrogen (secondary N) is 1. The standard InChI is InChI=1S/C14H29N3O2.HI/c1-10(2)7-6-8-12(4)17-14(15)16-9-11(3)13(18)19-5;/h10-12H,6-9H2,1-5H3,(H3,15,16,17);1H. The van der Waals surface area contributed by atoms with Crippen LogP contribution in [0.15, 0.2) is 4.99 Å². The van der Waals surface area contributed by atoms with Gasteiger partial charge in [-0.3, -0.25) is 9.79 Å². The molecule has 0 heterocycles. The van der Waals surface area contributed by atoms with Crippen molar-refractivity contribution in [1.82, 2.24) is 5.32 Å². The van der Waals surface area contributed by atoms with Crippen molar-refractivity contribution in [3.63, 3.8) is 0 Å². The van der Waals surface area contributed by atoms with Gasteiger partial charge in [-0.05, 0) is 19.3 Å². The topological polar surface area (TPSA) is 76.7 Å². The van der Waals surface area contributed by atoms with Crippen LogP contribution in [0.25, 0.3) is 0 Å². The molecule has 0 saturated carbocycles. The summed E-state index contributed by atoms with van der Waals surface area (Å²) in [7, 11) is 1.38. The number of esters is 1. The van der Waals surface area contributed by atoms with Crippen molar-refractivity contribution in [2.24, 2.45) is 22.6 Å². The van der Waals surface area contributed by atoms with Gasteiger partial charge in [-0.1, -0.05) is 33.6 Å². The molecule has 2 unspecified atom stereocenters. The van der Waals surface area contributed by atoms with E-state index in [9.17, 15) is 4.79 Å². The highest BCUT2D eigenvalue weighted by atomic mass is 127. The van der Waals surface area contributed by atoms with E-state index < -0.39 is 0 Å². The first-order chi connectivity index (χ1) is 8.86. The molecule has 0 aromatic rings. The monoisotopic (exact) mass is 399 g/mol. The van der Waals surface area contributed by atoms with Crippen LogP contribution >= 0.6 is 24.0 Å². The van der Waals surface area contributed by atoms with E-state index in [-0.39, 0.29) is 35.9 Å². The number of guanidine groups is 1. The lowest BCUT2D eigenvalue weighted by atomic mass is 10.0. The number of aliphatic imine (C=N–C) groups is 1. The van der Waals surface area contributed by atoms with E-state index in [0.29, 0.717) is 18.5 Å². The Labute approximate surface area is 140 Å². The molecule has 3 N–H and O–H groups in total. The quantitative estimate of drug-likeness (QED) is 0.285. The molecule has 0 aromatic carbocycles. The number of carbonyl (C=O) groups is 1. The molecule has 0 radical (unpaired) electrons. The number of nitrogens with two attached hydrogens (primary N) is 1. The van der Waals surface area contributed by atoms with Crippen molar-refractivity contribution in [2.75, 3.05) is 13.7 Å². The molecule has 0 bridgehead atoms. The van der Waals surface area contributed by atoms with Crippen molar-refractivity contribution in [3.05, 3.63) is 0 Å².